The molecule has 5 heteroatoms. The molecule has 0 amide bonds. The van der Waals surface area contributed by atoms with Crippen LogP contribution in [0.1, 0.15) is 6.92 Å². The second kappa shape index (κ2) is 4.04. The van der Waals surface area contributed by atoms with Crippen molar-refractivity contribution in [2.24, 2.45) is 11.1 Å². The third kappa shape index (κ3) is 2.06. The minimum Gasteiger partial charge on any atom is -0.411 e. The van der Waals surface area contributed by atoms with E-state index in [-0.39, 0.29) is 4.86 Å². The molecule has 0 aromatic carbocycles. The molecule has 70 valence electrons. The second-order valence-electron chi connectivity index (χ2n) is 2.60. The van der Waals surface area contributed by atoms with Crippen LogP contribution >= 0.6 is 0 Å². The van der Waals surface area contributed by atoms with E-state index in [0.717, 1.165) is 0 Å². The smallest absolute Gasteiger partial charge is 0.218 e. The van der Waals surface area contributed by atoms with E-state index < -0.39 is 16.2 Å². The molecule has 0 aromatic heterocycles. The summed E-state index contributed by atoms with van der Waals surface area (Å²) in [6.45, 7) is 1.57. The minimum atomic E-state index is -2.27. The molecule has 0 fully saturated rings. The maximum Gasteiger partial charge on any atom is 0.218 e. The van der Waals surface area contributed by atoms with Crippen molar-refractivity contribution in [3.63, 3.8) is 0 Å². The summed E-state index contributed by atoms with van der Waals surface area (Å²) in [6, 6.07) is 0. The summed E-state index contributed by atoms with van der Waals surface area (Å²) in [7, 11) is -2.27. The van der Waals surface area contributed by atoms with Gasteiger partial charge in [-0.2, -0.15) is 8.42 Å². The zero-order valence-electron chi connectivity index (χ0n) is 7.01. The Morgan fingerprint density at radius 2 is 2.23 bits per heavy atom. The number of rotatable bonds is 1. The van der Waals surface area contributed by atoms with Crippen LogP contribution in [0.25, 0.3) is 0 Å². The zero-order chi connectivity index (χ0) is 9.84. The van der Waals surface area contributed by atoms with Crippen molar-refractivity contribution >= 4 is 20.9 Å². The van der Waals surface area contributed by atoms with E-state index >= 15 is 0 Å². The van der Waals surface area contributed by atoms with Gasteiger partial charge in [0, 0.05) is 0 Å². The Kier molecular flexibility index (Phi) is 3.02. The molecular formula is C8H9NO3S. The molecule has 0 aromatic rings. The van der Waals surface area contributed by atoms with E-state index in [1.165, 1.54) is 6.08 Å². The maximum absolute atomic E-state index is 10.7. The third-order valence-electron chi connectivity index (χ3n) is 1.78. The molecule has 0 radical (unpaired) electrons. The van der Waals surface area contributed by atoms with Gasteiger partial charge in [0.15, 0.2) is 0 Å². The maximum atomic E-state index is 10.7. The molecule has 0 bridgehead atoms. The van der Waals surface area contributed by atoms with Crippen molar-refractivity contribution in [1.82, 2.24) is 0 Å². The molecule has 0 heterocycles. The molecule has 1 aliphatic rings. The van der Waals surface area contributed by atoms with Crippen molar-refractivity contribution in [2.75, 3.05) is 0 Å². The van der Waals surface area contributed by atoms with E-state index in [1.54, 1.807) is 25.2 Å². The van der Waals surface area contributed by atoms with Crippen LogP contribution in [0.3, 0.4) is 0 Å². The first-order valence-corrected chi connectivity index (χ1v) is 4.74. The first-order chi connectivity index (χ1) is 6.16. The highest BCUT2D eigenvalue weighted by atomic mass is 32.2. The fourth-order valence-electron chi connectivity index (χ4n) is 1.09. The van der Waals surface area contributed by atoms with Crippen molar-refractivity contribution in [3.8, 4) is 0 Å². The van der Waals surface area contributed by atoms with Gasteiger partial charge >= 0.3 is 0 Å². The summed E-state index contributed by atoms with van der Waals surface area (Å²) in [5.74, 6) is -0.437. The van der Waals surface area contributed by atoms with Crippen LogP contribution < -0.4 is 0 Å². The molecule has 1 rings (SSSR count). The van der Waals surface area contributed by atoms with E-state index in [0.29, 0.717) is 5.71 Å². The van der Waals surface area contributed by atoms with Gasteiger partial charge in [0.1, 0.15) is 0 Å². The van der Waals surface area contributed by atoms with Crippen LogP contribution in [0.2, 0.25) is 0 Å². The van der Waals surface area contributed by atoms with Crippen LogP contribution in [-0.4, -0.2) is 24.2 Å². The Morgan fingerprint density at radius 1 is 1.54 bits per heavy atom. The minimum absolute atomic E-state index is 0.220. The normalized spacial score (nSPS) is 22.1. The van der Waals surface area contributed by atoms with E-state index in [1.807, 2.05) is 0 Å². The molecule has 1 N–H and O–H groups in total. The lowest BCUT2D eigenvalue weighted by atomic mass is 9.96. The van der Waals surface area contributed by atoms with Gasteiger partial charge in [0.25, 0.3) is 0 Å². The topological polar surface area (TPSA) is 66.7 Å². The predicted octanol–water partition coefficient (Wildman–Crippen LogP) is 0.630. The van der Waals surface area contributed by atoms with E-state index in [4.69, 9.17) is 5.21 Å². The molecule has 0 saturated heterocycles. The lowest BCUT2D eigenvalue weighted by Crippen LogP contribution is -2.20. The summed E-state index contributed by atoms with van der Waals surface area (Å²) in [5, 5.41) is 11.5. The quantitative estimate of drug-likeness (QED) is 0.291. The highest BCUT2D eigenvalue weighted by Gasteiger charge is 2.17. The van der Waals surface area contributed by atoms with Gasteiger partial charge in [0.05, 0.1) is 16.5 Å². The molecule has 0 saturated carbocycles. The van der Waals surface area contributed by atoms with Gasteiger partial charge in [-0.3, -0.25) is 0 Å². The van der Waals surface area contributed by atoms with Gasteiger partial charge in [-0.15, -0.1) is 0 Å². The van der Waals surface area contributed by atoms with E-state index in [2.05, 4.69) is 5.16 Å². The molecule has 0 spiro atoms. The number of hydrogen-bond acceptors (Lipinski definition) is 4. The number of oxime groups is 1. The monoisotopic (exact) mass is 199 g/mol. The number of hydrogen-bond donors (Lipinski definition) is 1. The fraction of sp³-hybridized carbons (Fsp3) is 0.250. The highest BCUT2D eigenvalue weighted by molar-refractivity contribution is 7.73. The number of allylic oxidation sites excluding steroid dienone is 4. The molecule has 1 unspecified atom stereocenters. The van der Waals surface area contributed by atoms with Crippen LogP contribution in [0, 0.1) is 5.92 Å². The van der Waals surface area contributed by atoms with Gasteiger partial charge in [-0.05, 0) is 13.0 Å². The Morgan fingerprint density at radius 3 is 2.77 bits per heavy atom. The Balaban J connectivity index is 3.19. The SMILES string of the molecule is CC(=NO)C1C=CC=CC1=S(=O)=O. The highest BCUT2D eigenvalue weighted by Crippen LogP contribution is 2.10. The average Bonchev–Trinajstić information content (AvgIpc) is 2.16. The molecule has 1 atom stereocenters. The summed E-state index contributed by atoms with van der Waals surface area (Å²) < 4.78 is 21.5. The fourth-order valence-corrected chi connectivity index (χ4v) is 1.74. The van der Waals surface area contributed by atoms with Crippen LogP contribution in [0.15, 0.2) is 29.5 Å². The summed E-state index contributed by atoms with van der Waals surface area (Å²) >= 11 is 0. The Hall–Kier alpha value is -1.36. The zero-order valence-corrected chi connectivity index (χ0v) is 7.82. The Bertz CT molecular complexity index is 407. The summed E-state index contributed by atoms with van der Waals surface area (Å²) in [4.78, 5) is 0.220. The summed E-state index contributed by atoms with van der Waals surface area (Å²) in [5.41, 5.74) is 0.361. The predicted molar refractivity (Wildman–Crippen MR) is 50.6 cm³/mol. The first kappa shape index (κ1) is 9.73. The van der Waals surface area contributed by atoms with Crippen LogP contribution in [-0.2, 0) is 10.3 Å². The lowest BCUT2D eigenvalue weighted by Gasteiger charge is -2.11. The van der Waals surface area contributed by atoms with Crippen LogP contribution in [0.5, 0.6) is 0 Å². The van der Waals surface area contributed by atoms with Crippen molar-refractivity contribution in [2.45, 2.75) is 6.92 Å². The van der Waals surface area contributed by atoms with Gasteiger partial charge in [-0.25, -0.2) is 0 Å². The molecular weight excluding hydrogens is 190 g/mol. The third-order valence-corrected chi connectivity index (χ3v) is 2.56. The standard InChI is InChI=1S/C8H9NO3S/c1-6(9-10)7-4-2-3-5-8(7)13(11)12/h2-5,7,10H,1H3. The van der Waals surface area contributed by atoms with Gasteiger partial charge in [0.2, 0.25) is 10.3 Å². The van der Waals surface area contributed by atoms with Crippen molar-refractivity contribution < 1.29 is 13.6 Å². The molecule has 1 aliphatic carbocycles. The van der Waals surface area contributed by atoms with E-state index in [9.17, 15) is 8.42 Å². The van der Waals surface area contributed by atoms with Crippen LogP contribution in [0.4, 0.5) is 0 Å². The van der Waals surface area contributed by atoms with Crippen molar-refractivity contribution in [1.29, 1.82) is 0 Å². The summed E-state index contributed by atoms with van der Waals surface area (Å²) in [6.07, 6.45) is 6.50. The average molecular weight is 199 g/mol. The molecule has 4 nitrogen and oxygen atoms in total. The Labute approximate surface area is 77.4 Å². The number of nitrogens with zero attached hydrogens (tertiary/aromatic N) is 1. The molecule has 13 heavy (non-hydrogen) atoms. The van der Waals surface area contributed by atoms with Gasteiger partial charge in [-0.1, -0.05) is 23.4 Å². The first-order valence-electron chi connectivity index (χ1n) is 3.66. The largest absolute Gasteiger partial charge is 0.411 e. The van der Waals surface area contributed by atoms with Gasteiger partial charge < -0.3 is 5.21 Å². The lowest BCUT2D eigenvalue weighted by molar-refractivity contribution is 0.317. The van der Waals surface area contributed by atoms with Crippen molar-refractivity contribution in [3.05, 3.63) is 24.3 Å². The second-order valence-corrected chi connectivity index (χ2v) is 3.54. The molecule has 0 aliphatic heterocycles.